The van der Waals surface area contributed by atoms with E-state index in [0.29, 0.717) is 6.61 Å². The van der Waals surface area contributed by atoms with Crippen LogP contribution in [-0.2, 0) is 4.74 Å². The van der Waals surface area contributed by atoms with Crippen molar-refractivity contribution in [3.8, 4) is 5.75 Å². The Morgan fingerprint density at radius 2 is 1.78 bits per heavy atom. The molecule has 1 aromatic carbocycles. The fraction of sp³-hybridized carbons (Fsp3) is 0.600. The van der Waals surface area contributed by atoms with E-state index in [0.717, 1.165) is 12.3 Å². The number of methoxy groups -OCH3 is 1. The summed E-state index contributed by atoms with van der Waals surface area (Å²) in [5, 5.41) is 3.48. The lowest BCUT2D eigenvalue weighted by Gasteiger charge is -2.34. The molecule has 3 heteroatoms. The topological polar surface area (TPSA) is 30.5 Å². The van der Waals surface area contributed by atoms with Crippen molar-refractivity contribution in [3.63, 3.8) is 0 Å². The van der Waals surface area contributed by atoms with Crippen molar-refractivity contribution in [2.45, 2.75) is 39.3 Å². The van der Waals surface area contributed by atoms with Gasteiger partial charge >= 0.3 is 0 Å². The lowest BCUT2D eigenvalue weighted by Crippen LogP contribution is -2.40. The molecular weight excluding hydrogens is 226 g/mol. The van der Waals surface area contributed by atoms with Gasteiger partial charge in [-0.25, -0.2) is 0 Å². The van der Waals surface area contributed by atoms with E-state index in [9.17, 15) is 0 Å². The third-order valence-corrected chi connectivity index (χ3v) is 3.15. The highest BCUT2D eigenvalue weighted by Gasteiger charge is 2.29. The SMILES string of the molecule is CCNC(c1ccc(OCC)cc1)C(C)(C)OC. The summed E-state index contributed by atoms with van der Waals surface area (Å²) >= 11 is 0. The van der Waals surface area contributed by atoms with Crippen molar-refractivity contribution < 1.29 is 9.47 Å². The van der Waals surface area contributed by atoms with E-state index in [4.69, 9.17) is 9.47 Å². The third-order valence-electron chi connectivity index (χ3n) is 3.15. The Morgan fingerprint density at radius 3 is 2.22 bits per heavy atom. The minimum Gasteiger partial charge on any atom is -0.494 e. The van der Waals surface area contributed by atoms with Gasteiger partial charge < -0.3 is 14.8 Å². The molecule has 0 heterocycles. The lowest BCUT2D eigenvalue weighted by atomic mass is 9.91. The zero-order valence-corrected chi connectivity index (χ0v) is 12.1. The van der Waals surface area contributed by atoms with Crippen LogP contribution in [0.3, 0.4) is 0 Å². The van der Waals surface area contributed by atoms with E-state index in [1.165, 1.54) is 5.56 Å². The first-order valence-electron chi connectivity index (χ1n) is 6.56. The van der Waals surface area contributed by atoms with Crippen LogP contribution in [0, 0.1) is 0 Å². The van der Waals surface area contributed by atoms with Crippen molar-refractivity contribution in [1.29, 1.82) is 0 Å². The molecule has 0 fully saturated rings. The van der Waals surface area contributed by atoms with Crippen molar-refractivity contribution in [2.75, 3.05) is 20.3 Å². The maximum absolute atomic E-state index is 5.59. The Morgan fingerprint density at radius 1 is 1.17 bits per heavy atom. The molecule has 1 atom stereocenters. The molecule has 102 valence electrons. The third kappa shape index (κ3) is 3.72. The van der Waals surface area contributed by atoms with Gasteiger partial charge in [0.1, 0.15) is 5.75 Å². The Bertz CT molecular complexity index is 346. The average Bonchev–Trinajstić information content (AvgIpc) is 2.37. The van der Waals surface area contributed by atoms with Gasteiger partial charge in [0.2, 0.25) is 0 Å². The number of likely N-dealkylation sites (N-methyl/N-ethyl adjacent to an activating group) is 1. The van der Waals surface area contributed by atoms with Crippen LogP contribution in [0.1, 0.15) is 39.3 Å². The van der Waals surface area contributed by atoms with Gasteiger partial charge in [0.05, 0.1) is 18.2 Å². The Balaban J connectivity index is 2.92. The second-order valence-corrected chi connectivity index (χ2v) is 4.80. The van der Waals surface area contributed by atoms with Gasteiger partial charge in [-0.05, 0) is 45.0 Å². The minimum absolute atomic E-state index is 0.170. The number of nitrogens with one attached hydrogen (secondary N) is 1. The highest BCUT2D eigenvalue weighted by atomic mass is 16.5. The molecule has 0 aliphatic carbocycles. The fourth-order valence-electron chi connectivity index (χ4n) is 2.01. The molecule has 18 heavy (non-hydrogen) atoms. The fourth-order valence-corrected chi connectivity index (χ4v) is 2.01. The van der Waals surface area contributed by atoms with E-state index in [1.54, 1.807) is 7.11 Å². The molecule has 1 unspecified atom stereocenters. The molecule has 0 amide bonds. The van der Waals surface area contributed by atoms with Gasteiger partial charge in [-0.2, -0.15) is 0 Å². The van der Waals surface area contributed by atoms with Crippen LogP contribution < -0.4 is 10.1 Å². The molecule has 0 bridgehead atoms. The Labute approximate surface area is 110 Å². The summed E-state index contributed by atoms with van der Waals surface area (Å²) in [6.45, 7) is 9.88. The molecule has 3 nitrogen and oxygen atoms in total. The second-order valence-electron chi connectivity index (χ2n) is 4.80. The Kier molecular flexibility index (Phi) is 5.63. The summed E-state index contributed by atoms with van der Waals surface area (Å²) < 4.78 is 11.1. The normalized spacial score (nSPS) is 13.4. The molecule has 0 radical (unpaired) electrons. The zero-order chi connectivity index (χ0) is 13.6. The van der Waals surface area contributed by atoms with Crippen LogP contribution in [0.15, 0.2) is 24.3 Å². The standard InChI is InChI=1S/C15H25NO2/c1-6-16-14(15(3,4)17-5)12-8-10-13(11-9-12)18-7-2/h8-11,14,16H,6-7H2,1-5H3. The number of hydrogen-bond donors (Lipinski definition) is 1. The monoisotopic (exact) mass is 251 g/mol. The van der Waals surface area contributed by atoms with Crippen LogP contribution in [0.25, 0.3) is 0 Å². The van der Waals surface area contributed by atoms with Crippen LogP contribution in [-0.4, -0.2) is 25.9 Å². The molecule has 0 saturated carbocycles. The molecule has 0 saturated heterocycles. The maximum Gasteiger partial charge on any atom is 0.119 e. The largest absolute Gasteiger partial charge is 0.494 e. The van der Waals surface area contributed by atoms with Gasteiger partial charge in [0, 0.05) is 7.11 Å². The van der Waals surface area contributed by atoms with Crippen LogP contribution >= 0.6 is 0 Å². The summed E-state index contributed by atoms with van der Waals surface area (Å²) in [4.78, 5) is 0. The van der Waals surface area contributed by atoms with E-state index >= 15 is 0 Å². The number of benzene rings is 1. The number of rotatable bonds is 7. The van der Waals surface area contributed by atoms with E-state index in [1.807, 2.05) is 19.1 Å². The Hall–Kier alpha value is -1.06. The summed E-state index contributed by atoms with van der Waals surface area (Å²) in [5.74, 6) is 0.909. The molecule has 0 aromatic heterocycles. The van der Waals surface area contributed by atoms with Gasteiger partial charge in [-0.1, -0.05) is 19.1 Å². The van der Waals surface area contributed by atoms with Crippen molar-refractivity contribution in [3.05, 3.63) is 29.8 Å². The molecular formula is C15H25NO2. The highest BCUT2D eigenvalue weighted by Crippen LogP contribution is 2.29. The van der Waals surface area contributed by atoms with Gasteiger partial charge in [0.15, 0.2) is 0 Å². The lowest BCUT2D eigenvalue weighted by molar-refractivity contribution is -0.0107. The molecule has 0 aliphatic heterocycles. The number of hydrogen-bond acceptors (Lipinski definition) is 3. The van der Waals surface area contributed by atoms with Crippen LogP contribution in [0.4, 0.5) is 0 Å². The first-order valence-corrected chi connectivity index (χ1v) is 6.56. The van der Waals surface area contributed by atoms with Gasteiger partial charge in [-0.3, -0.25) is 0 Å². The van der Waals surface area contributed by atoms with Crippen LogP contribution in [0.2, 0.25) is 0 Å². The van der Waals surface area contributed by atoms with Crippen LogP contribution in [0.5, 0.6) is 5.75 Å². The van der Waals surface area contributed by atoms with Crippen molar-refractivity contribution >= 4 is 0 Å². The molecule has 0 aliphatic rings. The smallest absolute Gasteiger partial charge is 0.119 e. The summed E-state index contributed by atoms with van der Waals surface area (Å²) in [7, 11) is 1.75. The zero-order valence-electron chi connectivity index (χ0n) is 12.1. The van der Waals surface area contributed by atoms with E-state index in [2.05, 4.69) is 38.2 Å². The predicted octanol–water partition coefficient (Wildman–Crippen LogP) is 3.16. The van der Waals surface area contributed by atoms with Crippen molar-refractivity contribution in [1.82, 2.24) is 5.32 Å². The van der Waals surface area contributed by atoms with Gasteiger partial charge in [-0.15, -0.1) is 0 Å². The predicted molar refractivity (Wildman–Crippen MR) is 75.1 cm³/mol. The first kappa shape index (κ1) is 15.0. The second kappa shape index (κ2) is 6.76. The highest BCUT2D eigenvalue weighted by molar-refractivity contribution is 5.30. The quantitative estimate of drug-likeness (QED) is 0.807. The van der Waals surface area contributed by atoms with Crippen molar-refractivity contribution in [2.24, 2.45) is 0 Å². The average molecular weight is 251 g/mol. The van der Waals surface area contributed by atoms with Gasteiger partial charge in [0.25, 0.3) is 0 Å². The van der Waals surface area contributed by atoms with E-state index < -0.39 is 0 Å². The summed E-state index contributed by atoms with van der Waals surface area (Å²) in [6.07, 6.45) is 0. The maximum atomic E-state index is 5.59. The van der Waals surface area contributed by atoms with E-state index in [-0.39, 0.29) is 11.6 Å². The molecule has 1 rings (SSSR count). The molecule has 1 N–H and O–H groups in total. The summed E-state index contributed by atoms with van der Waals surface area (Å²) in [5.41, 5.74) is 0.968. The number of ether oxygens (including phenoxy) is 2. The minimum atomic E-state index is -0.247. The molecule has 0 spiro atoms. The molecule has 1 aromatic rings. The first-order chi connectivity index (χ1) is 8.55. The summed E-state index contributed by atoms with van der Waals surface area (Å²) in [6, 6.07) is 8.38.